The number of benzene rings is 2. The zero-order chi connectivity index (χ0) is 12.0. The topological polar surface area (TPSA) is 35.2 Å². The van der Waals surface area contributed by atoms with Crippen molar-refractivity contribution in [3.8, 4) is 16.9 Å². The predicted molar refractivity (Wildman–Crippen MR) is 69.2 cm³/mol. The molecule has 0 heterocycles. The summed E-state index contributed by atoms with van der Waals surface area (Å²) in [6, 6.07) is 12.5. The number of hydrogen-bond acceptors (Lipinski definition) is 2. The van der Waals surface area contributed by atoms with E-state index < -0.39 is 0 Å². The lowest BCUT2D eigenvalue weighted by Crippen LogP contribution is -2.08. The summed E-state index contributed by atoms with van der Waals surface area (Å²) in [6.45, 7) is 2.09. The molecule has 0 saturated carbocycles. The number of hydrogen-bond donors (Lipinski definition) is 1. The summed E-state index contributed by atoms with van der Waals surface area (Å²) in [5.41, 5.74) is 12.2. The molecule has 2 nitrogen and oxygen atoms in total. The first-order valence-electron chi connectivity index (χ1n) is 5.76. The first-order chi connectivity index (χ1) is 8.22. The highest BCUT2D eigenvalue weighted by atomic mass is 16.5. The minimum Gasteiger partial charge on any atom is -0.496 e. The van der Waals surface area contributed by atoms with Crippen LogP contribution in [-0.2, 0) is 0 Å². The average molecular weight is 225 g/mol. The highest BCUT2D eigenvalue weighted by molar-refractivity contribution is 5.83. The van der Waals surface area contributed by atoms with E-state index in [9.17, 15) is 0 Å². The first-order valence-corrected chi connectivity index (χ1v) is 5.76. The quantitative estimate of drug-likeness (QED) is 0.809. The summed E-state index contributed by atoms with van der Waals surface area (Å²) in [5, 5.41) is 0. The van der Waals surface area contributed by atoms with Gasteiger partial charge in [0.25, 0.3) is 0 Å². The van der Waals surface area contributed by atoms with E-state index in [1.165, 1.54) is 16.7 Å². The molecule has 3 rings (SSSR count). The Morgan fingerprint density at radius 3 is 2.71 bits per heavy atom. The molecule has 1 aliphatic rings. The van der Waals surface area contributed by atoms with Gasteiger partial charge in [-0.3, -0.25) is 0 Å². The van der Waals surface area contributed by atoms with E-state index in [0.29, 0.717) is 0 Å². The lowest BCUT2D eigenvalue weighted by atomic mass is 10.0. The molecule has 2 heteroatoms. The fourth-order valence-electron chi connectivity index (χ4n) is 2.60. The first kappa shape index (κ1) is 10.4. The molecule has 0 amide bonds. The zero-order valence-corrected chi connectivity index (χ0v) is 10.0. The van der Waals surface area contributed by atoms with Crippen molar-refractivity contribution in [1.29, 1.82) is 0 Å². The van der Waals surface area contributed by atoms with Crippen LogP contribution in [0.2, 0.25) is 0 Å². The van der Waals surface area contributed by atoms with Crippen LogP contribution in [0.25, 0.3) is 11.1 Å². The molecule has 0 spiro atoms. The van der Waals surface area contributed by atoms with Crippen molar-refractivity contribution in [2.75, 3.05) is 7.11 Å². The smallest absolute Gasteiger partial charge is 0.127 e. The third-order valence-corrected chi connectivity index (χ3v) is 3.42. The fraction of sp³-hybridized carbons (Fsp3) is 0.200. The van der Waals surface area contributed by atoms with Crippen molar-refractivity contribution in [2.45, 2.75) is 13.0 Å². The molecule has 1 atom stereocenters. The number of nitrogens with two attached hydrogens (primary N) is 1. The van der Waals surface area contributed by atoms with Gasteiger partial charge < -0.3 is 10.5 Å². The van der Waals surface area contributed by atoms with Crippen LogP contribution < -0.4 is 10.5 Å². The summed E-state index contributed by atoms with van der Waals surface area (Å²) in [5.74, 6) is 0.903. The van der Waals surface area contributed by atoms with Crippen LogP contribution in [0.1, 0.15) is 22.7 Å². The Balaban J connectivity index is 2.33. The molecule has 0 radical (unpaired) electrons. The summed E-state index contributed by atoms with van der Waals surface area (Å²) in [6.07, 6.45) is 0. The van der Waals surface area contributed by atoms with Crippen LogP contribution in [0.5, 0.6) is 5.75 Å². The van der Waals surface area contributed by atoms with Crippen LogP contribution in [0, 0.1) is 6.92 Å². The van der Waals surface area contributed by atoms with Crippen molar-refractivity contribution in [3.63, 3.8) is 0 Å². The van der Waals surface area contributed by atoms with Gasteiger partial charge in [-0.2, -0.15) is 0 Å². The van der Waals surface area contributed by atoms with Gasteiger partial charge in [0.05, 0.1) is 13.2 Å². The van der Waals surface area contributed by atoms with Crippen molar-refractivity contribution in [1.82, 2.24) is 0 Å². The number of ether oxygens (including phenoxy) is 1. The molecule has 2 aromatic carbocycles. The molecule has 0 fully saturated rings. The van der Waals surface area contributed by atoms with Crippen LogP contribution >= 0.6 is 0 Å². The minimum atomic E-state index is -0.0324. The van der Waals surface area contributed by atoms with Crippen LogP contribution in [0.3, 0.4) is 0 Å². The van der Waals surface area contributed by atoms with E-state index >= 15 is 0 Å². The largest absolute Gasteiger partial charge is 0.496 e. The maximum Gasteiger partial charge on any atom is 0.127 e. The monoisotopic (exact) mass is 225 g/mol. The third kappa shape index (κ3) is 1.38. The minimum absolute atomic E-state index is 0.0324. The van der Waals surface area contributed by atoms with Gasteiger partial charge in [-0.05, 0) is 29.7 Å². The molecule has 0 bridgehead atoms. The molecule has 86 valence electrons. The van der Waals surface area contributed by atoms with Crippen molar-refractivity contribution in [2.24, 2.45) is 5.73 Å². The Labute approximate surface area is 101 Å². The molecular weight excluding hydrogens is 210 g/mol. The van der Waals surface area contributed by atoms with Crippen LogP contribution in [0.15, 0.2) is 36.4 Å². The SMILES string of the molecule is COc1cccc2c1-c1ccc(C)cc1C2N. The Hall–Kier alpha value is -1.80. The second kappa shape index (κ2) is 3.60. The maximum absolute atomic E-state index is 6.29. The highest BCUT2D eigenvalue weighted by Gasteiger charge is 2.28. The van der Waals surface area contributed by atoms with E-state index in [1.807, 2.05) is 12.1 Å². The van der Waals surface area contributed by atoms with Crippen molar-refractivity contribution < 1.29 is 4.74 Å². The summed E-state index contributed by atoms with van der Waals surface area (Å²) in [4.78, 5) is 0. The molecule has 2 N–H and O–H groups in total. The number of methoxy groups -OCH3 is 1. The number of rotatable bonds is 1. The molecule has 0 saturated heterocycles. The van der Waals surface area contributed by atoms with Crippen LogP contribution in [-0.4, -0.2) is 7.11 Å². The Morgan fingerprint density at radius 2 is 1.94 bits per heavy atom. The maximum atomic E-state index is 6.29. The Kier molecular flexibility index (Phi) is 2.20. The van der Waals surface area contributed by atoms with E-state index in [1.54, 1.807) is 7.11 Å². The predicted octanol–water partition coefficient (Wildman–Crippen LogP) is 3.03. The molecule has 1 unspecified atom stereocenters. The molecule has 17 heavy (non-hydrogen) atoms. The van der Waals surface area contributed by atoms with Gasteiger partial charge in [0.1, 0.15) is 5.75 Å². The van der Waals surface area contributed by atoms with E-state index in [2.05, 4.69) is 31.2 Å². The second-order valence-electron chi connectivity index (χ2n) is 4.49. The Bertz CT molecular complexity index is 587. The van der Waals surface area contributed by atoms with Gasteiger partial charge in [0.2, 0.25) is 0 Å². The van der Waals surface area contributed by atoms with Gasteiger partial charge in [0.15, 0.2) is 0 Å². The standard InChI is InChI=1S/C15H15NO/c1-9-6-7-10-12(8-9)15(16)11-4-3-5-13(17-2)14(10)11/h3-8,15H,16H2,1-2H3. The normalized spacial score (nSPS) is 16.5. The van der Waals surface area contributed by atoms with Gasteiger partial charge >= 0.3 is 0 Å². The van der Waals surface area contributed by atoms with Crippen LogP contribution in [0.4, 0.5) is 0 Å². The molecule has 1 aliphatic carbocycles. The second-order valence-corrected chi connectivity index (χ2v) is 4.49. The molecule has 0 aliphatic heterocycles. The fourth-order valence-corrected chi connectivity index (χ4v) is 2.60. The van der Waals surface area contributed by atoms with Gasteiger partial charge in [-0.25, -0.2) is 0 Å². The van der Waals surface area contributed by atoms with Crippen molar-refractivity contribution in [3.05, 3.63) is 53.1 Å². The molecule has 2 aromatic rings. The summed E-state index contributed by atoms with van der Waals surface area (Å²) >= 11 is 0. The van der Waals surface area contributed by atoms with Gasteiger partial charge in [-0.15, -0.1) is 0 Å². The molecule has 0 aromatic heterocycles. The zero-order valence-electron chi connectivity index (χ0n) is 10.0. The Morgan fingerprint density at radius 1 is 1.12 bits per heavy atom. The molecular formula is C15H15NO. The van der Waals surface area contributed by atoms with Gasteiger partial charge in [0, 0.05) is 5.56 Å². The lowest BCUT2D eigenvalue weighted by Gasteiger charge is -2.08. The average Bonchev–Trinajstić information content (AvgIpc) is 2.63. The van der Waals surface area contributed by atoms with E-state index in [-0.39, 0.29) is 6.04 Å². The summed E-state index contributed by atoms with van der Waals surface area (Å²) in [7, 11) is 1.70. The summed E-state index contributed by atoms with van der Waals surface area (Å²) < 4.78 is 5.44. The third-order valence-electron chi connectivity index (χ3n) is 3.42. The highest BCUT2D eigenvalue weighted by Crippen LogP contribution is 2.46. The number of aryl methyl sites for hydroxylation is 1. The van der Waals surface area contributed by atoms with Crippen molar-refractivity contribution >= 4 is 0 Å². The van der Waals surface area contributed by atoms with E-state index in [4.69, 9.17) is 10.5 Å². The lowest BCUT2D eigenvalue weighted by molar-refractivity contribution is 0.416. The van der Waals surface area contributed by atoms with Gasteiger partial charge in [-0.1, -0.05) is 35.9 Å². The number of fused-ring (bicyclic) bond motifs is 3. The van der Waals surface area contributed by atoms with E-state index in [0.717, 1.165) is 16.9 Å².